The van der Waals surface area contributed by atoms with Crippen molar-refractivity contribution in [2.45, 2.75) is 4.90 Å². The van der Waals surface area contributed by atoms with Crippen molar-refractivity contribution in [3.05, 3.63) is 85.1 Å². The highest BCUT2D eigenvalue weighted by Gasteiger charge is 2.14. The number of phenolic OH excluding ortho intramolecular Hbond substituents is 1. The van der Waals surface area contributed by atoms with Crippen LogP contribution in [0.15, 0.2) is 100 Å². The number of aromatic nitrogens is 1. The third kappa shape index (κ3) is 4.07. The van der Waals surface area contributed by atoms with Crippen LogP contribution in [0.25, 0.3) is 10.8 Å². The van der Waals surface area contributed by atoms with Gasteiger partial charge in [0.1, 0.15) is 11.6 Å². The van der Waals surface area contributed by atoms with Crippen LogP contribution >= 0.6 is 0 Å². The Morgan fingerprint density at radius 3 is 2.31 bits per heavy atom. The highest BCUT2D eigenvalue weighted by atomic mass is 32.2. The summed E-state index contributed by atoms with van der Waals surface area (Å²) < 4.78 is 27.3. The number of hydrogen-bond acceptors (Lipinski definition) is 6. The fourth-order valence-electron chi connectivity index (χ4n) is 2.79. The van der Waals surface area contributed by atoms with E-state index in [4.69, 9.17) is 0 Å². The van der Waals surface area contributed by atoms with E-state index in [1.807, 2.05) is 6.07 Å². The first-order chi connectivity index (χ1) is 14.0. The van der Waals surface area contributed by atoms with Crippen LogP contribution in [0.2, 0.25) is 0 Å². The third-order valence-electron chi connectivity index (χ3n) is 4.20. The van der Waals surface area contributed by atoms with Gasteiger partial charge in [-0.25, -0.2) is 13.4 Å². The molecule has 0 radical (unpaired) electrons. The SMILES string of the molecule is O=S(=O)(Nc1ccccn1)c1ccc(N=Nc2cccc3c(O)cccc23)cc1. The number of fused-ring (bicyclic) bond motifs is 1. The van der Waals surface area contributed by atoms with E-state index in [1.165, 1.54) is 18.3 Å². The molecule has 0 aliphatic rings. The number of pyridine rings is 1. The highest BCUT2D eigenvalue weighted by molar-refractivity contribution is 7.92. The van der Waals surface area contributed by atoms with Crippen LogP contribution in [-0.4, -0.2) is 18.5 Å². The van der Waals surface area contributed by atoms with Crippen LogP contribution in [0, 0.1) is 0 Å². The van der Waals surface area contributed by atoms with Gasteiger partial charge in [-0.2, -0.15) is 5.11 Å². The highest BCUT2D eigenvalue weighted by Crippen LogP contribution is 2.32. The summed E-state index contributed by atoms with van der Waals surface area (Å²) in [6.07, 6.45) is 1.51. The number of benzene rings is 3. The molecule has 1 heterocycles. The zero-order chi connectivity index (χ0) is 20.3. The molecule has 0 fully saturated rings. The molecule has 0 spiro atoms. The number of azo groups is 1. The van der Waals surface area contributed by atoms with Gasteiger partial charge in [0.15, 0.2) is 0 Å². The van der Waals surface area contributed by atoms with E-state index in [1.54, 1.807) is 60.7 Å². The minimum absolute atomic E-state index is 0.0946. The maximum Gasteiger partial charge on any atom is 0.263 e. The van der Waals surface area contributed by atoms with Gasteiger partial charge in [0.25, 0.3) is 10.0 Å². The quantitative estimate of drug-likeness (QED) is 0.448. The Balaban J connectivity index is 1.57. The summed E-state index contributed by atoms with van der Waals surface area (Å²) >= 11 is 0. The molecular formula is C21H16N4O3S. The number of sulfonamides is 1. The maximum atomic E-state index is 12.4. The Kier molecular flexibility index (Phi) is 4.92. The molecule has 0 atom stereocenters. The molecule has 0 unspecified atom stereocenters. The van der Waals surface area contributed by atoms with Gasteiger partial charge in [-0.1, -0.05) is 30.3 Å². The minimum atomic E-state index is -3.74. The molecule has 29 heavy (non-hydrogen) atoms. The predicted octanol–water partition coefficient (Wildman–Crippen LogP) is 5.16. The zero-order valence-corrected chi connectivity index (χ0v) is 15.9. The molecule has 144 valence electrons. The Labute approximate surface area is 167 Å². The molecule has 1 aromatic heterocycles. The van der Waals surface area contributed by atoms with Gasteiger partial charge in [-0.05, 0) is 48.5 Å². The zero-order valence-electron chi connectivity index (χ0n) is 15.1. The second kappa shape index (κ2) is 7.69. The average molecular weight is 404 g/mol. The van der Waals surface area contributed by atoms with Crippen LogP contribution in [0.4, 0.5) is 17.2 Å². The lowest BCUT2D eigenvalue weighted by Crippen LogP contribution is -2.13. The maximum absolute atomic E-state index is 12.4. The molecule has 4 aromatic rings. The van der Waals surface area contributed by atoms with Gasteiger partial charge in [0.2, 0.25) is 0 Å². The van der Waals surface area contributed by atoms with Crippen molar-refractivity contribution < 1.29 is 13.5 Å². The van der Waals surface area contributed by atoms with Gasteiger partial charge in [0.05, 0.1) is 16.3 Å². The standard InChI is InChI=1S/C21H16N4O3S/c26-20-8-4-5-17-18(20)6-3-7-19(17)24-23-15-10-12-16(13-11-15)29(27,28)25-21-9-1-2-14-22-21/h1-14,26H,(H,22,25). The van der Waals surface area contributed by atoms with Gasteiger partial charge in [-0.3, -0.25) is 4.72 Å². The summed E-state index contributed by atoms with van der Waals surface area (Å²) in [6.45, 7) is 0. The molecule has 4 rings (SSSR count). The largest absolute Gasteiger partial charge is 0.507 e. The molecule has 3 aromatic carbocycles. The van der Waals surface area contributed by atoms with E-state index >= 15 is 0 Å². The first kappa shape index (κ1) is 18.6. The topological polar surface area (TPSA) is 104 Å². The van der Waals surface area contributed by atoms with Crippen molar-refractivity contribution in [1.82, 2.24) is 4.98 Å². The number of nitrogens with zero attached hydrogens (tertiary/aromatic N) is 3. The van der Waals surface area contributed by atoms with E-state index in [-0.39, 0.29) is 16.5 Å². The van der Waals surface area contributed by atoms with Crippen molar-refractivity contribution in [1.29, 1.82) is 0 Å². The van der Waals surface area contributed by atoms with Crippen LogP contribution < -0.4 is 4.72 Å². The van der Waals surface area contributed by atoms with Crippen LogP contribution in [-0.2, 0) is 10.0 Å². The monoisotopic (exact) mass is 404 g/mol. The molecule has 8 heteroatoms. The van der Waals surface area contributed by atoms with Crippen LogP contribution in [0.5, 0.6) is 5.75 Å². The summed E-state index contributed by atoms with van der Waals surface area (Å²) in [7, 11) is -3.74. The number of hydrogen-bond donors (Lipinski definition) is 2. The number of rotatable bonds is 5. The molecule has 0 aliphatic heterocycles. The minimum Gasteiger partial charge on any atom is -0.507 e. The second-order valence-corrected chi connectivity index (χ2v) is 7.85. The molecule has 0 saturated heterocycles. The molecule has 0 amide bonds. The predicted molar refractivity (Wildman–Crippen MR) is 111 cm³/mol. The van der Waals surface area contributed by atoms with Gasteiger partial charge >= 0.3 is 0 Å². The molecule has 0 saturated carbocycles. The van der Waals surface area contributed by atoms with E-state index in [9.17, 15) is 13.5 Å². The lowest BCUT2D eigenvalue weighted by atomic mass is 10.1. The summed E-state index contributed by atoms with van der Waals surface area (Å²) in [6, 6.07) is 21.6. The van der Waals surface area contributed by atoms with Crippen LogP contribution in [0.1, 0.15) is 0 Å². The number of aromatic hydroxyl groups is 1. The summed E-state index contributed by atoms with van der Waals surface area (Å²) in [5, 5.41) is 19.8. The molecule has 7 nitrogen and oxygen atoms in total. The second-order valence-electron chi connectivity index (χ2n) is 6.16. The number of anilines is 1. The first-order valence-corrected chi connectivity index (χ1v) is 10.2. The lowest BCUT2D eigenvalue weighted by molar-refractivity contribution is 0.481. The van der Waals surface area contributed by atoms with Crippen molar-refractivity contribution in [3.63, 3.8) is 0 Å². The Hall–Kier alpha value is -3.78. The van der Waals surface area contributed by atoms with E-state index in [2.05, 4.69) is 19.9 Å². The Morgan fingerprint density at radius 1 is 0.793 bits per heavy atom. The van der Waals surface area contributed by atoms with Crippen molar-refractivity contribution >= 4 is 38.0 Å². The Bertz CT molecular complexity index is 1290. The summed E-state index contributed by atoms with van der Waals surface area (Å²) in [4.78, 5) is 4.05. The van der Waals surface area contributed by atoms with E-state index in [0.29, 0.717) is 16.8 Å². The van der Waals surface area contributed by atoms with Gasteiger partial charge < -0.3 is 5.11 Å². The summed E-state index contributed by atoms with van der Waals surface area (Å²) in [5.74, 6) is 0.421. The fraction of sp³-hybridized carbons (Fsp3) is 0. The third-order valence-corrected chi connectivity index (χ3v) is 5.57. The molecule has 0 bridgehead atoms. The van der Waals surface area contributed by atoms with Gasteiger partial charge in [-0.15, -0.1) is 5.11 Å². The number of phenols is 1. The molecule has 2 N–H and O–H groups in total. The lowest BCUT2D eigenvalue weighted by Gasteiger charge is -2.07. The van der Waals surface area contributed by atoms with Crippen molar-refractivity contribution in [3.8, 4) is 5.75 Å². The van der Waals surface area contributed by atoms with E-state index < -0.39 is 10.0 Å². The Morgan fingerprint density at radius 2 is 1.55 bits per heavy atom. The molecular weight excluding hydrogens is 388 g/mol. The van der Waals surface area contributed by atoms with Gasteiger partial charge in [0, 0.05) is 17.0 Å². The van der Waals surface area contributed by atoms with Crippen LogP contribution in [0.3, 0.4) is 0 Å². The first-order valence-electron chi connectivity index (χ1n) is 8.69. The molecule has 0 aliphatic carbocycles. The van der Waals surface area contributed by atoms with Crippen molar-refractivity contribution in [2.75, 3.05) is 4.72 Å². The fourth-order valence-corrected chi connectivity index (χ4v) is 3.80. The summed E-state index contributed by atoms with van der Waals surface area (Å²) in [5.41, 5.74) is 1.10. The normalized spacial score (nSPS) is 11.7. The average Bonchev–Trinajstić information content (AvgIpc) is 2.73. The van der Waals surface area contributed by atoms with Crippen molar-refractivity contribution in [2.24, 2.45) is 10.2 Å². The van der Waals surface area contributed by atoms with E-state index in [0.717, 1.165) is 5.39 Å². The smallest absolute Gasteiger partial charge is 0.263 e. The number of nitrogens with one attached hydrogen (secondary N) is 1.